The molecule has 0 saturated heterocycles. The highest BCUT2D eigenvalue weighted by molar-refractivity contribution is 9.10. The standard InChI is InChI=1S/C19H17BrF2NO3PS2/c20-16-11-13(8-9-15(16)19(21,22)27(24,25)26)5-4-10-28-18-23-17(12-29-18)14-6-2-1-3-7-14/h1-3,6-9,11-12H,4-5,10H2,(H2,24,25,26). The van der Waals surface area contributed by atoms with E-state index < -0.39 is 18.8 Å². The second-order valence-electron chi connectivity index (χ2n) is 6.22. The predicted molar refractivity (Wildman–Crippen MR) is 117 cm³/mol. The molecule has 0 aliphatic rings. The highest BCUT2D eigenvalue weighted by atomic mass is 79.9. The molecule has 0 unspecified atom stereocenters. The Bertz CT molecular complexity index is 1030. The highest BCUT2D eigenvalue weighted by Crippen LogP contribution is 2.60. The van der Waals surface area contributed by atoms with Gasteiger partial charge >= 0.3 is 13.3 Å². The molecule has 0 fully saturated rings. The van der Waals surface area contributed by atoms with Crippen LogP contribution in [0.2, 0.25) is 0 Å². The quantitative estimate of drug-likeness (QED) is 0.201. The Labute approximate surface area is 183 Å². The molecule has 0 atom stereocenters. The van der Waals surface area contributed by atoms with Crippen LogP contribution in [0.3, 0.4) is 0 Å². The van der Waals surface area contributed by atoms with Crippen LogP contribution < -0.4 is 0 Å². The maximum atomic E-state index is 13.9. The van der Waals surface area contributed by atoms with Crippen LogP contribution in [0.5, 0.6) is 0 Å². The number of halogens is 3. The second-order valence-corrected chi connectivity index (χ2v) is 10.9. The first-order chi connectivity index (χ1) is 13.7. The second kappa shape index (κ2) is 9.37. The molecule has 0 aliphatic heterocycles. The number of alkyl halides is 2. The van der Waals surface area contributed by atoms with Crippen molar-refractivity contribution in [3.05, 3.63) is 69.5 Å². The summed E-state index contributed by atoms with van der Waals surface area (Å²) in [6.45, 7) is 0. The van der Waals surface area contributed by atoms with Crippen LogP contribution in [-0.4, -0.2) is 20.5 Å². The summed E-state index contributed by atoms with van der Waals surface area (Å²) in [5.74, 6) is 0.819. The molecular weight excluding hydrogens is 503 g/mol. The van der Waals surface area contributed by atoms with Crippen LogP contribution >= 0.6 is 46.6 Å². The number of rotatable bonds is 8. The average molecular weight is 520 g/mol. The SMILES string of the molecule is O=P(O)(O)C(F)(F)c1ccc(CCCSc2nc(-c3ccccc3)cs2)cc1Br. The van der Waals surface area contributed by atoms with Crippen LogP contribution in [-0.2, 0) is 16.6 Å². The van der Waals surface area contributed by atoms with E-state index in [1.54, 1.807) is 23.1 Å². The normalized spacial score (nSPS) is 12.3. The summed E-state index contributed by atoms with van der Waals surface area (Å²) in [5, 5.41) is 2.02. The smallest absolute Gasteiger partial charge is 0.320 e. The number of nitrogens with zero attached hydrogens (tertiary/aromatic N) is 1. The number of benzene rings is 2. The van der Waals surface area contributed by atoms with Crippen molar-refractivity contribution >= 4 is 46.6 Å². The van der Waals surface area contributed by atoms with Crippen molar-refractivity contribution in [2.45, 2.75) is 22.8 Å². The molecule has 154 valence electrons. The average Bonchev–Trinajstić information content (AvgIpc) is 3.14. The number of aryl methyl sites for hydroxylation is 1. The van der Waals surface area contributed by atoms with E-state index in [0.717, 1.165) is 39.4 Å². The molecule has 3 aromatic rings. The van der Waals surface area contributed by atoms with Gasteiger partial charge in [-0.1, -0.05) is 70.2 Å². The van der Waals surface area contributed by atoms with Crippen LogP contribution in [0.15, 0.2) is 62.7 Å². The topological polar surface area (TPSA) is 70.4 Å². The molecule has 0 amide bonds. The molecule has 0 saturated carbocycles. The van der Waals surface area contributed by atoms with E-state index in [0.29, 0.717) is 6.42 Å². The van der Waals surface area contributed by atoms with Gasteiger partial charge in [0.05, 0.1) is 5.69 Å². The Morgan fingerprint density at radius 2 is 1.90 bits per heavy atom. The van der Waals surface area contributed by atoms with Gasteiger partial charge in [-0.15, -0.1) is 11.3 Å². The number of aromatic nitrogens is 1. The van der Waals surface area contributed by atoms with Crippen molar-refractivity contribution in [1.82, 2.24) is 4.98 Å². The van der Waals surface area contributed by atoms with E-state index >= 15 is 0 Å². The molecule has 29 heavy (non-hydrogen) atoms. The van der Waals surface area contributed by atoms with E-state index in [-0.39, 0.29) is 4.47 Å². The summed E-state index contributed by atoms with van der Waals surface area (Å²) in [6, 6.07) is 14.0. The van der Waals surface area contributed by atoms with Crippen LogP contribution in [0.25, 0.3) is 11.3 Å². The van der Waals surface area contributed by atoms with Gasteiger partial charge in [0.25, 0.3) is 0 Å². The molecule has 2 N–H and O–H groups in total. The van der Waals surface area contributed by atoms with Crippen molar-refractivity contribution < 1.29 is 23.1 Å². The van der Waals surface area contributed by atoms with Gasteiger partial charge in [-0.2, -0.15) is 8.78 Å². The summed E-state index contributed by atoms with van der Waals surface area (Å²) in [7, 11) is -5.59. The lowest BCUT2D eigenvalue weighted by Gasteiger charge is -2.19. The molecule has 1 aromatic heterocycles. The van der Waals surface area contributed by atoms with Gasteiger partial charge in [0, 0.05) is 26.7 Å². The number of thiazole rings is 1. The number of hydrogen-bond acceptors (Lipinski definition) is 4. The first-order valence-corrected chi connectivity index (χ1v) is 12.8. The first kappa shape index (κ1) is 22.6. The van der Waals surface area contributed by atoms with E-state index in [2.05, 4.69) is 20.9 Å². The van der Waals surface area contributed by atoms with E-state index in [1.165, 1.54) is 12.1 Å². The molecule has 0 radical (unpaired) electrons. The monoisotopic (exact) mass is 519 g/mol. The Balaban J connectivity index is 1.54. The van der Waals surface area contributed by atoms with Gasteiger partial charge in [-0.3, -0.25) is 4.57 Å². The third kappa shape index (κ3) is 5.54. The summed E-state index contributed by atoms with van der Waals surface area (Å²) in [6.07, 6.45) is 1.47. The lowest BCUT2D eigenvalue weighted by Crippen LogP contribution is -2.14. The Hall–Kier alpha value is -1.09. The fourth-order valence-electron chi connectivity index (χ4n) is 2.62. The minimum Gasteiger partial charge on any atom is -0.320 e. The molecule has 1 heterocycles. The van der Waals surface area contributed by atoms with Crippen molar-refractivity contribution in [2.75, 3.05) is 5.75 Å². The van der Waals surface area contributed by atoms with Gasteiger partial charge < -0.3 is 9.79 Å². The molecule has 4 nitrogen and oxygen atoms in total. The minimum absolute atomic E-state index is 0.0107. The molecule has 0 aliphatic carbocycles. The maximum Gasteiger partial charge on any atom is 0.399 e. The summed E-state index contributed by atoms with van der Waals surface area (Å²) < 4.78 is 39.8. The molecule has 0 bridgehead atoms. The lowest BCUT2D eigenvalue weighted by atomic mass is 10.1. The fourth-order valence-corrected chi connectivity index (χ4v) is 5.80. The van der Waals surface area contributed by atoms with Gasteiger partial charge in [0.2, 0.25) is 0 Å². The maximum absolute atomic E-state index is 13.9. The zero-order valence-corrected chi connectivity index (χ0v) is 19.1. The third-order valence-corrected chi connectivity index (χ3v) is 7.85. The number of hydrogen-bond donors (Lipinski definition) is 2. The van der Waals surface area contributed by atoms with Crippen molar-refractivity contribution in [2.24, 2.45) is 0 Å². The van der Waals surface area contributed by atoms with Gasteiger partial charge in [-0.05, 0) is 24.5 Å². The molecule has 10 heteroatoms. The number of thioether (sulfide) groups is 1. The van der Waals surface area contributed by atoms with Gasteiger partial charge in [0.15, 0.2) is 4.34 Å². The minimum atomic E-state index is -5.59. The van der Waals surface area contributed by atoms with E-state index in [4.69, 9.17) is 9.79 Å². The third-order valence-electron chi connectivity index (χ3n) is 4.11. The zero-order valence-electron chi connectivity index (χ0n) is 15.0. The molecule has 2 aromatic carbocycles. The molecule has 0 spiro atoms. The Morgan fingerprint density at radius 3 is 2.55 bits per heavy atom. The van der Waals surface area contributed by atoms with Crippen LogP contribution in [0.1, 0.15) is 17.5 Å². The fraction of sp³-hybridized carbons (Fsp3) is 0.211. The summed E-state index contributed by atoms with van der Waals surface area (Å²) >= 11 is 6.24. The highest BCUT2D eigenvalue weighted by Gasteiger charge is 2.51. The summed E-state index contributed by atoms with van der Waals surface area (Å²) in [4.78, 5) is 22.4. The van der Waals surface area contributed by atoms with Crippen LogP contribution in [0, 0.1) is 0 Å². The Kier molecular flexibility index (Phi) is 7.30. The Morgan fingerprint density at radius 1 is 1.17 bits per heavy atom. The van der Waals surface area contributed by atoms with E-state index in [9.17, 15) is 13.3 Å². The molecule has 3 rings (SSSR count). The lowest BCUT2D eigenvalue weighted by molar-refractivity contribution is 0.0557. The van der Waals surface area contributed by atoms with Crippen molar-refractivity contribution in [3.63, 3.8) is 0 Å². The van der Waals surface area contributed by atoms with E-state index in [1.807, 2.05) is 35.7 Å². The van der Waals surface area contributed by atoms with Crippen LogP contribution in [0.4, 0.5) is 8.78 Å². The summed E-state index contributed by atoms with van der Waals surface area (Å²) in [5.41, 5.74) is -2.09. The largest absolute Gasteiger partial charge is 0.399 e. The first-order valence-electron chi connectivity index (χ1n) is 8.54. The predicted octanol–water partition coefficient (Wildman–Crippen LogP) is 6.52. The van der Waals surface area contributed by atoms with Crippen molar-refractivity contribution in [3.8, 4) is 11.3 Å². The van der Waals surface area contributed by atoms with Gasteiger partial charge in [-0.25, -0.2) is 4.98 Å². The zero-order chi connectivity index (χ0) is 21.1. The molecular formula is C19H17BrF2NO3PS2. The van der Waals surface area contributed by atoms with Gasteiger partial charge in [0.1, 0.15) is 0 Å². The van der Waals surface area contributed by atoms with Crippen molar-refractivity contribution in [1.29, 1.82) is 0 Å².